The van der Waals surface area contributed by atoms with E-state index < -0.39 is 0 Å². The Balaban J connectivity index is 1.38. The van der Waals surface area contributed by atoms with Crippen molar-refractivity contribution in [2.24, 2.45) is 0 Å². The molecule has 0 bridgehead atoms. The van der Waals surface area contributed by atoms with Crippen LogP contribution in [-0.4, -0.2) is 31.2 Å². The van der Waals surface area contributed by atoms with Gasteiger partial charge in [0.2, 0.25) is 5.91 Å². The first-order chi connectivity index (χ1) is 16.6. The highest BCUT2D eigenvalue weighted by Crippen LogP contribution is 2.26. The molecule has 1 amide bonds. The second kappa shape index (κ2) is 11.1. The molecule has 34 heavy (non-hydrogen) atoms. The summed E-state index contributed by atoms with van der Waals surface area (Å²) in [6, 6.07) is 21.9. The maximum Gasteiger partial charge on any atom is 0.220 e. The third-order valence-electron chi connectivity index (χ3n) is 6.00. The third-order valence-corrected chi connectivity index (χ3v) is 6.36. The number of benzene rings is 3. The first kappa shape index (κ1) is 23.7. The molecule has 0 unspecified atom stereocenters. The number of nitrogens with one attached hydrogen (secondary N) is 1. The number of carbonyl (C=O) groups excluding carboxylic acids is 1. The van der Waals surface area contributed by atoms with Gasteiger partial charge in [0.05, 0.1) is 14.2 Å². The number of rotatable bonds is 10. The molecule has 0 radical (unpaired) electrons. The number of aromatic nitrogens is 1. The lowest BCUT2D eigenvalue weighted by Gasteiger charge is -2.11. The normalized spacial score (nSPS) is 10.9. The monoisotopic (exact) mass is 476 g/mol. The van der Waals surface area contributed by atoms with Crippen LogP contribution in [0, 0.1) is 0 Å². The Bertz CT molecular complexity index is 1280. The van der Waals surface area contributed by atoms with Crippen molar-refractivity contribution >= 4 is 28.4 Å². The Morgan fingerprint density at radius 3 is 2.50 bits per heavy atom. The summed E-state index contributed by atoms with van der Waals surface area (Å²) in [5.74, 6) is 1.60. The number of nitrogens with zero attached hydrogens (tertiary/aromatic N) is 1. The SMILES string of the molecule is COc1ccc(OC)c(CCNC(=O)CCc2cn(Cc3ccccc3Cl)c3ccccc23)c1. The molecule has 0 fully saturated rings. The molecule has 1 heterocycles. The Labute approximate surface area is 205 Å². The van der Waals surface area contributed by atoms with E-state index in [0.717, 1.165) is 38.7 Å². The molecule has 0 aliphatic carbocycles. The topological polar surface area (TPSA) is 52.5 Å². The molecule has 0 aliphatic heterocycles. The number of hydrogen-bond donors (Lipinski definition) is 1. The van der Waals surface area contributed by atoms with Gasteiger partial charge in [-0.2, -0.15) is 0 Å². The molecule has 4 aromatic rings. The number of carbonyl (C=O) groups is 1. The number of hydrogen-bond acceptors (Lipinski definition) is 3. The standard InChI is InChI=1S/C28H29ClN2O3/c1-33-23-12-13-27(34-2)20(17-23)15-16-30-28(32)14-11-21-18-31(26-10-6-4-8-24(21)26)19-22-7-3-5-9-25(22)29/h3-10,12-13,17-18H,11,14-16,19H2,1-2H3,(H,30,32). The summed E-state index contributed by atoms with van der Waals surface area (Å²) in [6.07, 6.45) is 3.91. The van der Waals surface area contributed by atoms with E-state index in [4.69, 9.17) is 21.1 Å². The Hall–Kier alpha value is -3.44. The number of para-hydroxylation sites is 1. The molecule has 5 nitrogen and oxygen atoms in total. The zero-order chi connectivity index (χ0) is 23.9. The largest absolute Gasteiger partial charge is 0.497 e. The number of aryl methyl sites for hydroxylation is 1. The lowest BCUT2D eigenvalue weighted by Crippen LogP contribution is -2.26. The lowest BCUT2D eigenvalue weighted by molar-refractivity contribution is -0.121. The molecule has 3 aromatic carbocycles. The molecule has 0 spiro atoms. The van der Waals surface area contributed by atoms with E-state index in [0.29, 0.717) is 32.4 Å². The Kier molecular flexibility index (Phi) is 7.76. The van der Waals surface area contributed by atoms with Gasteiger partial charge in [0.25, 0.3) is 0 Å². The zero-order valence-corrected chi connectivity index (χ0v) is 20.3. The molecular formula is C28H29ClN2O3. The molecule has 0 atom stereocenters. The number of fused-ring (bicyclic) bond motifs is 1. The van der Waals surface area contributed by atoms with Gasteiger partial charge in [0, 0.05) is 41.6 Å². The van der Waals surface area contributed by atoms with Crippen LogP contribution in [0.2, 0.25) is 5.02 Å². The fraction of sp³-hybridized carbons (Fsp3) is 0.250. The summed E-state index contributed by atoms with van der Waals surface area (Å²) < 4.78 is 12.9. The number of halogens is 1. The zero-order valence-electron chi connectivity index (χ0n) is 19.5. The van der Waals surface area contributed by atoms with Gasteiger partial charge in [-0.05, 0) is 59.9 Å². The summed E-state index contributed by atoms with van der Waals surface area (Å²) in [4.78, 5) is 12.6. The second-order valence-electron chi connectivity index (χ2n) is 8.17. The highest BCUT2D eigenvalue weighted by molar-refractivity contribution is 6.31. The molecule has 0 saturated carbocycles. The van der Waals surface area contributed by atoms with Crippen LogP contribution in [0.1, 0.15) is 23.1 Å². The summed E-state index contributed by atoms with van der Waals surface area (Å²) in [5, 5.41) is 4.96. The fourth-order valence-corrected chi connectivity index (χ4v) is 4.41. The lowest BCUT2D eigenvalue weighted by atomic mass is 10.1. The van der Waals surface area contributed by atoms with Gasteiger partial charge in [-0.15, -0.1) is 0 Å². The van der Waals surface area contributed by atoms with Crippen molar-refractivity contribution in [2.45, 2.75) is 25.8 Å². The van der Waals surface area contributed by atoms with Crippen LogP contribution >= 0.6 is 11.6 Å². The Morgan fingerprint density at radius 2 is 1.71 bits per heavy atom. The van der Waals surface area contributed by atoms with Gasteiger partial charge in [-0.1, -0.05) is 48.0 Å². The van der Waals surface area contributed by atoms with Crippen molar-refractivity contribution in [3.05, 3.63) is 94.6 Å². The van der Waals surface area contributed by atoms with Gasteiger partial charge >= 0.3 is 0 Å². The van der Waals surface area contributed by atoms with Gasteiger partial charge < -0.3 is 19.4 Å². The summed E-state index contributed by atoms with van der Waals surface area (Å²) >= 11 is 6.38. The molecule has 176 valence electrons. The molecular weight excluding hydrogens is 448 g/mol. The van der Waals surface area contributed by atoms with Crippen LogP contribution in [0.25, 0.3) is 10.9 Å². The van der Waals surface area contributed by atoms with Crippen molar-refractivity contribution in [2.75, 3.05) is 20.8 Å². The highest BCUT2D eigenvalue weighted by Gasteiger charge is 2.12. The quantitative estimate of drug-likeness (QED) is 0.321. The average Bonchev–Trinajstić information content (AvgIpc) is 3.21. The van der Waals surface area contributed by atoms with E-state index in [2.05, 4.69) is 28.2 Å². The van der Waals surface area contributed by atoms with Gasteiger partial charge in [0.15, 0.2) is 0 Å². The molecule has 1 N–H and O–H groups in total. The fourth-order valence-electron chi connectivity index (χ4n) is 4.21. The smallest absolute Gasteiger partial charge is 0.220 e. The van der Waals surface area contributed by atoms with Crippen molar-refractivity contribution in [1.82, 2.24) is 9.88 Å². The molecule has 0 saturated heterocycles. The minimum absolute atomic E-state index is 0.0322. The number of amides is 1. The van der Waals surface area contributed by atoms with E-state index in [1.807, 2.05) is 54.6 Å². The van der Waals surface area contributed by atoms with Gasteiger partial charge in [0.1, 0.15) is 11.5 Å². The minimum Gasteiger partial charge on any atom is -0.497 e. The van der Waals surface area contributed by atoms with Gasteiger partial charge in [-0.3, -0.25) is 4.79 Å². The number of ether oxygens (including phenoxy) is 2. The van der Waals surface area contributed by atoms with E-state index in [1.54, 1.807) is 14.2 Å². The van der Waals surface area contributed by atoms with Crippen molar-refractivity contribution in [1.29, 1.82) is 0 Å². The van der Waals surface area contributed by atoms with Crippen LogP contribution < -0.4 is 14.8 Å². The maximum absolute atomic E-state index is 12.6. The van der Waals surface area contributed by atoms with Crippen LogP contribution in [0.3, 0.4) is 0 Å². The first-order valence-electron chi connectivity index (χ1n) is 11.4. The molecule has 1 aromatic heterocycles. The van der Waals surface area contributed by atoms with E-state index >= 15 is 0 Å². The van der Waals surface area contributed by atoms with E-state index in [9.17, 15) is 4.79 Å². The molecule has 0 aliphatic rings. The van der Waals surface area contributed by atoms with Crippen molar-refractivity contribution < 1.29 is 14.3 Å². The minimum atomic E-state index is 0.0322. The predicted octanol–water partition coefficient (Wildman–Crippen LogP) is 5.65. The van der Waals surface area contributed by atoms with Crippen LogP contribution in [0.5, 0.6) is 11.5 Å². The van der Waals surface area contributed by atoms with Crippen molar-refractivity contribution in [3.8, 4) is 11.5 Å². The van der Waals surface area contributed by atoms with E-state index in [-0.39, 0.29) is 5.91 Å². The maximum atomic E-state index is 12.6. The highest BCUT2D eigenvalue weighted by atomic mass is 35.5. The van der Waals surface area contributed by atoms with Gasteiger partial charge in [-0.25, -0.2) is 0 Å². The summed E-state index contributed by atoms with van der Waals surface area (Å²) in [6.45, 7) is 1.23. The van der Waals surface area contributed by atoms with Crippen LogP contribution in [-0.2, 0) is 24.2 Å². The molecule has 4 rings (SSSR count). The molecule has 6 heteroatoms. The van der Waals surface area contributed by atoms with Crippen LogP contribution in [0.15, 0.2) is 72.9 Å². The summed E-state index contributed by atoms with van der Waals surface area (Å²) in [7, 11) is 3.28. The van der Waals surface area contributed by atoms with E-state index in [1.165, 1.54) is 5.39 Å². The average molecular weight is 477 g/mol. The second-order valence-corrected chi connectivity index (χ2v) is 8.58. The third kappa shape index (κ3) is 5.54. The predicted molar refractivity (Wildman–Crippen MR) is 137 cm³/mol. The summed E-state index contributed by atoms with van der Waals surface area (Å²) in [5.41, 5.74) is 4.38. The number of methoxy groups -OCH3 is 2. The van der Waals surface area contributed by atoms with Crippen molar-refractivity contribution in [3.63, 3.8) is 0 Å². The van der Waals surface area contributed by atoms with Crippen LogP contribution in [0.4, 0.5) is 0 Å². The first-order valence-corrected chi connectivity index (χ1v) is 11.7. The Morgan fingerprint density at radius 1 is 0.912 bits per heavy atom.